The van der Waals surface area contributed by atoms with Crippen LogP contribution >= 0.6 is 0 Å². The fourth-order valence-electron chi connectivity index (χ4n) is 1.96. The Balaban J connectivity index is 2.30. The van der Waals surface area contributed by atoms with E-state index in [1.807, 2.05) is 0 Å². The number of amides is 1. The molecule has 1 aliphatic rings. The lowest BCUT2D eigenvalue weighted by Crippen LogP contribution is -2.52. The molecule has 1 amide bonds. The van der Waals surface area contributed by atoms with Crippen molar-refractivity contribution in [3.8, 4) is 0 Å². The van der Waals surface area contributed by atoms with Gasteiger partial charge in [-0.3, -0.25) is 4.79 Å². The van der Waals surface area contributed by atoms with Crippen LogP contribution in [0.1, 0.15) is 10.4 Å². The second-order valence-electron chi connectivity index (χ2n) is 4.06. The summed E-state index contributed by atoms with van der Waals surface area (Å²) in [6.45, 7) is 1.12. The fourth-order valence-corrected chi connectivity index (χ4v) is 1.96. The molecule has 1 aromatic rings. The SMILES string of the molecule is NCC1COCCN1C(=O)c1c(F)cccc1F. The fraction of sp³-hybridized carbons (Fsp3) is 0.417. The zero-order chi connectivity index (χ0) is 13.1. The number of hydrogen-bond acceptors (Lipinski definition) is 3. The first-order chi connectivity index (χ1) is 8.65. The van der Waals surface area contributed by atoms with Crippen LogP contribution in [0.4, 0.5) is 8.78 Å². The molecule has 1 aliphatic heterocycles. The summed E-state index contributed by atoms with van der Waals surface area (Å²) in [6, 6.07) is 3.01. The third kappa shape index (κ3) is 2.34. The standard InChI is InChI=1S/C12H14F2N2O2/c13-9-2-1-3-10(14)11(9)12(17)16-4-5-18-7-8(16)6-15/h1-3,8H,4-7,15H2. The minimum absolute atomic E-state index is 0.196. The number of ether oxygens (including phenoxy) is 1. The van der Waals surface area contributed by atoms with Crippen LogP contribution in [-0.2, 0) is 4.74 Å². The summed E-state index contributed by atoms with van der Waals surface area (Å²) in [7, 11) is 0. The number of nitrogens with zero attached hydrogens (tertiary/aromatic N) is 1. The Morgan fingerprint density at radius 2 is 2.11 bits per heavy atom. The predicted molar refractivity (Wildman–Crippen MR) is 61.1 cm³/mol. The van der Waals surface area contributed by atoms with Gasteiger partial charge < -0.3 is 15.4 Å². The van der Waals surface area contributed by atoms with Crippen LogP contribution in [0.25, 0.3) is 0 Å². The Labute approximate surface area is 103 Å². The number of carbonyl (C=O) groups excluding carboxylic acids is 1. The summed E-state index contributed by atoms with van der Waals surface area (Å²) < 4.78 is 32.3. The number of nitrogens with two attached hydrogens (primary N) is 1. The molecule has 1 atom stereocenters. The van der Waals surface area contributed by atoms with Gasteiger partial charge in [-0.05, 0) is 12.1 Å². The van der Waals surface area contributed by atoms with Gasteiger partial charge in [0.1, 0.15) is 17.2 Å². The van der Waals surface area contributed by atoms with E-state index in [2.05, 4.69) is 0 Å². The molecule has 0 radical (unpaired) electrons. The van der Waals surface area contributed by atoms with E-state index in [-0.39, 0.29) is 25.7 Å². The van der Waals surface area contributed by atoms with Gasteiger partial charge >= 0.3 is 0 Å². The molecule has 0 bridgehead atoms. The van der Waals surface area contributed by atoms with Crippen molar-refractivity contribution >= 4 is 5.91 Å². The topological polar surface area (TPSA) is 55.6 Å². The summed E-state index contributed by atoms with van der Waals surface area (Å²) in [5.41, 5.74) is 4.99. The van der Waals surface area contributed by atoms with E-state index in [1.165, 1.54) is 11.0 Å². The second-order valence-corrected chi connectivity index (χ2v) is 4.06. The molecule has 1 fully saturated rings. The van der Waals surface area contributed by atoms with Gasteiger partial charge in [0.2, 0.25) is 0 Å². The molecule has 0 aromatic heterocycles. The highest BCUT2D eigenvalue weighted by Gasteiger charge is 2.30. The van der Waals surface area contributed by atoms with Gasteiger partial charge in [-0.2, -0.15) is 0 Å². The summed E-state index contributed by atoms with van der Waals surface area (Å²) in [6.07, 6.45) is 0. The largest absolute Gasteiger partial charge is 0.377 e. The van der Waals surface area contributed by atoms with Crippen LogP contribution in [0.3, 0.4) is 0 Å². The lowest BCUT2D eigenvalue weighted by atomic mass is 10.1. The van der Waals surface area contributed by atoms with E-state index in [1.54, 1.807) is 0 Å². The van der Waals surface area contributed by atoms with Crippen LogP contribution in [0.5, 0.6) is 0 Å². The molecule has 1 aromatic carbocycles. The zero-order valence-electron chi connectivity index (χ0n) is 9.73. The van der Waals surface area contributed by atoms with Crippen LogP contribution in [0, 0.1) is 11.6 Å². The van der Waals surface area contributed by atoms with Gasteiger partial charge in [-0.1, -0.05) is 6.07 Å². The van der Waals surface area contributed by atoms with Crippen molar-refractivity contribution in [2.24, 2.45) is 5.73 Å². The van der Waals surface area contributed by atoms with Crippen molar-refractivity contribution in [2.45, 2.75) is 6.04 Å². The summed E-state index contributed by atoms with van der Waals surface area (Å²) >= 11 is 0. The van der Waals surface area contributed by atoms with Crippen molar-refractivity contribution in [3.05, 3.63) is 35.4 Å². The third-order valence-electron chi connectivity index (χ3n) is 2.94. The smallest absolute Gasteiger partial charge is 0.260 e. The summed E-state index contributed by atoms with van der Waals surface area (Å²) in [4.78, 5) is 13.5. The monoisotopic (exact) mass is 256 g/mol. The highest BCUT2D eigenvalue weighted by molar-refractivity contribution is 5.95. The molecule has 0 saturated carbocycles. The van der Waals surface area contributed by atoms with Gasteiger partial charge in [0.15, 0.2) is 0 Å². The number of rotatable bonds is 2. The molecule has 0 aliphatic carbocycles. The van der Waals surface area contributed by atoms with Crippen LogP contribution in [0.15, 0.2) is 18.2 Å². The lowest BCUT2D eigenvalue weighted by molar-refractivity contribution is 0.000342. The lowest BCUT2D eigenvalue weighted by Gasteiger charge is -2.35. The highest BCUT2D eigenvalue weighted by Crippen LogP contribution is 2.17. The number of benzene rings is 1. The highest BCUT2D eigenvalue weighted by atomic mass is 19.1. The Bertz CT molecular complexity index is 433. The maximum Gasteiger partial charge on any atom is 0.260 e. The first kappa shape index (κ1) is 12.9. The predicted octanol–water partition coefficient (Wildman–Crippen LogP) is 0.764. The molecule has 0 spiro atoms. The average molecular weight is 256 g/mol. The second kappa shape index (κ2) is 5.41. The van der Waals surface area contributed by atoms with Crippen molar-refractivity contribution in [2.75, 3.05) is 26.3 Å². The first-order valence-electron chi connectivity index (χ1n) is 5.68. The average Bonchev–Trinajstić information content (AvgIpc) is 2.38. The number of hydrogen-bond donors (Lipinski definition) is 1. The van der Waals surface area contributed by atoms with Crippen molar-refractivity contribution in [3.63, 3.8) is 0 Å². The third-order valence-corrected chi connectivity index (χ3v) is 2.94. The van der Waals surface area contributed by atoms with Crippen molar-refractivity contribution < 1.29 is 18.3 Å². The van der Waals surface area contributed by atoms with Gasteiger partial charge in [0.25, 0.3) is 5.91 Å². The van der Waals surface area contributed by atoms with Crippen LogP contribution in [-0.4, -0.2) is 43.2 Å². The normalized spacial score (nSPS) is 19.9. The molecule has 1 unspecified atom stereocenters. The molecule has 1 heterocycles. The zero-order valence-corrected chi connectivity index (χ0v) is 9.73. The Morgan fingerprint density at radius 3 is 2.72 bits per heavy atom. The van der Waals surface area contributed by atoms with Gasteiger partial charge in [-0.15, -0.1) is 0 Å². The molecule has 98 valence electrons. The molecule has 1 saturated heterocycles. The molecule has 18 heavy (non-hydrogen) atoms. The van der Waals surface area contributed by atoms with E-state index in [9.17, 15) is 13.6 Å². The molecular weight excluding hydrogens is 242 g/mol. The summed E-state index contributed by atoms with van der Waals surface area (Å²) in [5, 5.41) is 0. The van der Waals surface area contributed by atoms with Gasteiger partial charge in [0.05, 0.1) is 19.3 Å². The van der Waals surface area contributed by atoms with E-state index in [4.69, 9.17) is 10.5 Å². The molecule has 4 nitrogen and oxygen atoms in total. The molecule has 2 rings (SSSR count). The Kier molecular flexibility index (Phi) is 3.88. The Hall–Kier alpha value is -1.53. The van der Waals surface area contributed by atoms with E-state index in [0.29, 0.717) is 6.61 Å². The van der Waals surface area contributed by atoms with Gasteiger partial charge in [-0.25, -0.2) is 8.78 Å². The minimum Gasteiger partial charge on any atom is -0.377 e. The van der Waals surface area contributed by atoms with Crippen LogP contribution < -0.4 is 5.73 Å². The maximum absolute atomic E-state index is 13.5. The van der Waals surface area contributed by atoms with E-state index >= 15 is 0 Å². The first-order valence-corrected chi connectivity index (χ1v) is 5.68. The van der Waals surface area contributed by atoms with Crippen molar-refractivity contribution in [1.29, 1.82) is 0 Å². The molecular formula is C12H14F2N2O2. The number of morpholine rings is 1. The van der Waals surface area contributed by atoms with Gasteiger partial charge in [0, 0.05) is 13.1 Å². The number of halogens is 2. The minimum atomic E-state index is -0.859. The molecule has 6 heteroatoms. The van der Waals surface area contributed by atoms with E-state index < -0.39 is 23.1 Å². The quantitative estimate of drug-likeness (QED) is 0.850. The Morgan fingerprint density at radius 1 is 1.44 bits per heavy atom. The maximum atomic E-state index is 13.5. The molecule has 2 N–H and O–H groups in total. The summed E-state index contributed by atoms with van der Waals surface area (Å²) in [5.74, 6) is -2.39. The van der Waals surface area contributed by atoms with Crippen molar-refractivity contribution in [1.82, 2.24) is 4.90 Å². The van der Waals surface area contributed by atoms with Crippen LogP contribution in [0.2, 0.25) is 0 Å². The number of carbonyl (C=O) groups is 1. The van der Waals surface area contributed by atoms with E-state index in [0.717, 1.165) is 12.1 Å².